The van der Waals surface area contributed by atoms with Crippen LogP contribution in [0.1, 0.15) is 25.0 Å². The van der Waals surface area contributed by atoms with Crippen LogP contribution in [0.2, 0.25) is 0 Å². The van der Waals surface area contributed by atoms with E-state index in [4.69, 9.17) is 0 Å². The van der Waals surface area contributed by atoms with Crippen molar-refractivity contribution >= 4 is 32.3 Å². The zero-order chi connectivity index (χ0) is 22.2. The summed E-state index contributed by atoms with van der Waals surface area (Å²) in [7, 11) is 0. The van der Waals surface area contributed by atoms with Crippen molar-refractivity contribution in [2.45, 2.75) is 19.3 Å². The van der Waals surface area contributed by atoms with Gasteiger partial charge in [-0.3, -0.25) is 0 Å². The van der Waals surface area contributed by atoms with Crippen LogP contribution < -0.4 is 0 Å². The Morgan fingerprint density at radius 1 is 0.485 bits per heavy atom. The molecule has 1 aliphatic carbocycles. The third-order valence-corrected chi connectivity index (χ3v) is 7.63. The summed E-state index contributed by atoms with van der Waals surface area (Å²) < 4.78 is 0. The van der Waals surface area contributed by atoms with E-state index >= 15 is 0 Å². The molecule has 6 aromatic carbocycles. The molecule has 0 radical (unpaired) electrons. The molecule has 0 fully saturated rings. The summed E-state index contributed by atoms with van der Waals surface area (Å²) >= 11 is 0. The molecule has 0 N–H and O–H groups in total. The van der Waals surface area contributed by atoms with E-state index in [1.165, 1.54) is 65.7 Å². The van der Waals surface area contributed by atoms with Gasteiger partial charge in [-0.15, -0.1) is 0 Å². The summed E-state index contributed by atoms with van der Waals surface area (Å²) in [5.41, 5.74) is 8.15. The monoisotopic (exact) mass is 420 g/mol. The molecule has 6 aromatic rings. The van der Waals surface area contributed by atoms with Gasteiger partial charge in [-0.1, -0.05) is 117 Å². The van der Waals surface area contributed by atoms with Gasteiger partial charge in [0.25, 0.3) is 0 Å². The lowest BCUT2D eigenvalue weighted by Crippen LogP contribution is -2.23. The molecule has 0 atom stereocenters. The Hall–Kier alpha value is -3.90. The largest absolute Gasteiger partial charge is 0.0619 e. The van der Waals surface area contributed by atoms with Crippen molar-refractivity contribution in [1.29, 1.82) is 0 Å². The summed E-state index contributed by atoms with van der Waals surface area (Å²) in [4.78, 5) is 0. The highest BCUT2D eigenvalue weighted by Gasteiger charge is 2.34. The minimum atomic E-state index is -0.0494. The van der Waals surface area contributed by atoms with E-state index in [0.29, 0.717) is 0 Å². The smallest absolute Gasteiger partial charge is 0.0159 e. The van der Waals surface area contributed by atoms with Crippen LogP contribution in [0.3, 0.4) is 0 Å². The highest BCUT2D eigenvalue weighted by atomic mass is 14.4. The predicted octanol–water partition coefficient (Wildman–Crippen LogP) is 9.12. The molecule has 0 amide bonds. The first-order chi connectivity index (χ1) is 16.1. The van der Waals surface area contributed by atoms with E-state index in [2.05, 4.69) is 123 Å². The minimum Gasteiger partial charge on any atom is -0.0619 e. The lowest BCUT2D eigenvalue weighted by molar-refractivity contribution is 0.645. The van der Waals surface area contributed by atoms with Crippen molar-refractivity contribution in [3.63, 3.8) is 0 Å². The maximum atomic E-state index is 2.37. The van der Waals surface area contributed by atoms with Crippen LogP contribution in [0.5, 0.6) is 0 Å². The Morgan fingerprint density at radius 2 is 1.12 bits per heavy atom. The van der Waals surface area contributed by atoms with Gasteiger partial charge in [0.2, 0.25) is 0 Å². The van der Waals surface area contributed by atoms with Gasteiger partial charge < -0.3 is 0 Å². The van der Waals surface area contributed by atoms with E-state index in [-0.39, 0.29) is 5.41 Å². The zero-order valence-corrected chi connectivity index (χ0v) is 18.9. The molecule has 0 heterocycles. The van der Waals surface area contributed by atoms with Crippen molar-refractivity contribution in [2.24, 2.45) is 0 Å². The van der Waals surface area contributed by atoms with E-state index in [0.717, 1.165) is 0 Å². The SMILES string of the molecule is CC1(C)c2ccccc2-c2c3ccccc3c(-c3ccc4ccccc4c3)c3cccc1c23. The lowest BCUT2D eigenvalue weighted by Gasteiger charge is -2.36. The molecular weight excluding hydrogens is 396 g/mol. The molecule has 0 spiro atoms. The van der Waals surface area contributed by atoms with Gasteiger partial charge in [0, 0.05) is 5.41 Å². The average Bonchev–Trinajstić information content (AvgIpc) is 2.86. The van der Waals surface area contributed by atoms with Gasteiger partial charge in [0.05, 0.1) is 0 Å². The van der Waals surface area contributed by atoms with Crippen LogP contribution in [0.4, 0.5) is 0 Å². The number of hydrogen-bond donors (Lipinski definition) is 0. The topological polar surface area (TPSA) is 0 Å². The molecule has 1 aliphatic rings. The standard InChI is InChI=1S/C33H24/c1-33(2)28-16-8-7-14-26(28)31-25-13-6-5-12-24(25)30(27-15-9-17-29(33)32(27)31)23-19-18-21-10-3-4-11-22(21)20-23/h3-20H,1-2H3. The summed E-state index contributed by atoms with van der Waals surface area (Å²) in [5.74, 6) is 0. The number of benzene rings is 6. The van der Waals surface area contributed by atoms with Crippen LogP contribution in [-0.2, 0) is 5.41 Å². The van der Waals surface area contributed by atoms with Gasteiger partial charge in [-0.05, 0) is 71.8 Å². The average molecular weight is 421 g/mol. The van der Waals surface area contributed by atoms with Crippen molar-refractivity contribution in [1.82, 2.24) is 0 Å². The highest BCUT2D eigenvalue weighted by Crippen LogP contribution is 2.53. The maximum Gasteiger partial charge on any atom is 0.0159 e. The Morgan fingerprint density at radius 3 is 1.97 bits per heavy atom. The Balaban J connectivity index is 1.72. The van der Waals surface area contributed by atoms with Gasteiger partial charge >= 0.3 is 0 Å². The summed E-state index contributed by atoms with van der Waals surface area (Å²) in [5, 5.41) is 7.97. The van der Waals surface area contributed by atoms with Gasteiger partial charge in [0.1, 0.15) is 0 Å². The Labute approximate surface area is 194 Å². The Kier molecular flexibility index (Phi) is 3.71. The van der Waals surface area contributed by atoms with Crippen LogP contribution in [0, 0.1) is 0 Å². The molecule has 0 aliphatic heterocycles. The summed E-state index contributed by atoms with van der Waals surface area (Å²) in [6.07, 6.45) is 0. The van der Waals surface area contributed by atoms with Crippen molar-refractivity contribution < 1.29 is 0 Å². The van der Waals surface area contributed by atoms with E-state index in [1.54, 1.807) is 0 Å². The third-order valence-electron chi connectivity index (χ3n) is 7.63. The third kappa shape index (κ3) is 2.47. The van der Waals surface area contributed by atoms with E-state index in [9.17, 15) is 0 Å². The van der Waals surface area contributed by atoms with E-state index < -0.39 is 0 Å². The Bertz CT molecular complexity index is 1730. The first-order valence-electron chi connectivity index (χ1n) is 11.7. The predicted molar refractivity (Wildman–Crippen MR) is 142 cm³/mol. The fraction of sp³-hybridized carbons (Fsp3) is 0.0909. The van der Waals surface area contributed by atoms with E-state index in [1.807, 2.05) is 0 Å². The number of rotatable bonds is 1. The van der Waals surface area contributed by atoms with Crippen LogP contribution >= 0.6 is 0 Å². The molecule has 0 unspecified atom stereocenters. The minimum absolute atomic E-state index is 0.0494. The second-order valence-electron chi connectivity index (χ2n) is 9.76. The quantitative estimate of drug-likeness (QED) is 0.233. The zero-order valence-electron chi connectivity index (χ0n) is 18.9. The first kappa shape index (κ1) is 18.7. The molecule has 33 heavy (non-hydrogen) atoms. The maximum absolute atomic E-state index is 2.37. The van der Waals surface area contributed by atoms with Crippen LogP contribution in [0.15, 0.2) is 109 Å². The summed E-state index contributed by atoms with van der Waals surface area (Å²) in [6.45, 7) is 4.74. The number of fused-ring (bicyclic) bond motifs is 5. The molecule has 156 valence electrons. The fourth-order valence-electron chi connectivity index (χ4n) is 6.08. The molecule has 0 aromatic heterocycles. The molecule has 7 rings (SSSR count). The second-order valence-corrected chi connectivity index (χ2v) is 9.76. The van der Waals surface area contributed by atoms with Crippen molar-refractivity contribution in [3.8, 4) is 22.3 Å². The highest BCUT2D eigenvalue weighted by molar-refractivity contribution is 6.23. The molecular formula is C33H24. The van der Waals surface area contributed by atoms with Crippen LogP contribution in [-0.4, -0.2) is 0 Å². The van der Waals surface area contributed by atoms with Gasteiger partial charge in [0.15, 0.2) is 0 Å². The summed E-state index contributed by atoms with van der Waals surface area (Å²) in [6, 6.07) is 40.4. The number of hydrogen-bond acceptors (Lipinski definition) is 0. The molecule has 0 bridgehead atoms. The second kappa shape index (κ2) is 6.56. The first-order valence-corrected chi connectivity index (χ1v) is 11.7. The van der Waals surface area contributed by atoms with Crippen molar-refractivity contribution in [2.75, 3.05) is 0 Å². The van der Waals surface area contributed by atoms with Gasteiger partial charge in [-0.25, -0.2) is 0 Å². The molecule has 0 nitrogen and oxygen atoms in total. The van der Waals surface area contributed by atoms with Crippen LogP contribution in [0.25, 0.3) is 54.6 Å². The van der Waals surface area contributed by atoms with Crippen molar-refractivity contribution in [3.05, 3.63) is 120 Å². The fourth-order valence-corrected chi connectivity index (χ4v) is 6.08. The molecule has 0 heteroatoms. The molecule has 0 saturated heterocycles. The lowest BCUT2D eigenvalue weighted by atomic mass is 9.67. The normalized spacial score (nSPS) is 14.0. The van der Waals surface area contributed by atoms with Gasteiger partial charge in [-0.2, -0.15) is 0 Å². The molecule has 0 saturated carbocycles.